The fraction of sp³-hybridized carbons (Fsp3) is 0.421. The molecule has 0 radical (unpaired) electrons. The Morgan fingerprint density at radius 2 is 2.04 bits per heavy atom. The first-order chi connectivity index (χ1) is 12.1. The molecule has 2 aromatic rings. The molecule has 0 spiro atoms. The number of hydrogen-bond acceptors (Lipinski definition) is 4. The number of piperidine rings is 1. The van der Waals surface area contributed by atoms with E-state index in [1.54, 1.807) is 24.8 Å². The van der Waals surface area contributed by atoms with Crippen LogP contribution in [0.1, 0.15) is 35.8 Å². The van der Waals surface area contributed by atoms with E-state index in [0.717, 1.165) is 38.0 Å². The van der Waals surface area contributed by atoms with Gasteiger partial charge in [0.15, 0.2) is 0 Å². The van der Waals surface area contributed by atoms with Gasteiger partial charge in [0.2, 0.25) is 5.91 Å². The molecule has 1 amide bonds. The van der Waals surface area contributed by atoms with Gasteiger partial charge in [-0.3, -0.25) is 9.59 Å². The lowest BCUT2D eigenvalue weighted by Crippen LogP contribution is -2.42. The van der Waals surface area contributed by atoms with Crippen molar-refractivity contribution in [3.63, 3.8) is 0 Å². The Bertz CT molecular complexity index is 831. The van der Waals surface area contributed by atoms with Gasteiger partial charge >= 0.3 is 0 Å². The third-order valence-electron chi connectivity index (χ3n) is 5.03. The lowest BCUT2D eigenvalue weighted by atomic mass is 9.93. The second kappa shape index (κ2) is 6.67. The van der Waals surface area contributed by atoms with Crippen molar-refractivity contribution in [1.29, 1.82) is 0 Å². The Labute approximate surface area is 150 Å². The standard InChI is InChI=1S/C19H21N3O2S/c1-12-20-15(11-18(23)21-12)13-6-8-22(9-7-13)19(24)17-10-14-4-2-3-5-16(14)25-17/h2-5,11,13,17H,6-10H2,1H3,(H,20,21,23). The minimum atomic E-state index is -0.0962. The van der Waals surface area contributed by atoms with Crippen molar-refractivity contribution in [3.05, 3.63) is 57.8 Å². The molecular formula is C19H21N3O2S. The number of fused-ring (bicyclic) bond motifs is 1. The fourth-order valence-electron chi connectivity index (χ4n) is 3.73. The molecule has 2 aliphatic rings. The molecule has 3 heterocycles. The van der Waals surface area contributed by atoms with Crippen LogP contribution in [0, 0.1) is 6.92 Å². The second-order valence-corrected chi connectivity index (χ2v) is 8.02. The van der Waals surface area contributed by atoms with Crippen molar-refractivity contribution in [3.8, 4) is 0 Å². The lowest BCUT2D eigenvalue weighted by Gasteiger charge is -2.33. The molecule has 0 aliphatic carbocycles. The van der Waals surface area contributed by atoms with E-state index in [-0.39, 0.29) is 22.6 Å². The largest absolute Gasteiger partial charge is 0.342 e. The van der Waals surface area contributed by atoms with E-state index in [2.05, 4.69) is 22.1 Å². The Morgan fingerprint density at radius 3 is 2.76 bits per heavy atom. The number of nitrogens with one attached hydrogen (secondary N) is 1. The molecule has 5 nitrogen and oxygen atoms in total. The number of hydrogen-bond donors (Lipinski definition) is 1. The van der Waals surface area contributed by atoms with E-state index in [9.17, 15) is 9.59 Å². The van der Waals surface area contributed by atoms with Crippen LogP contribution < -0.4 is 5.56 Å². The summed E-state index contributed by atoms with van der Waals surface area (Å²) < 4.78 is 0. The van der Waals surface area contributed by atoms with E-state index >= 15 is 0 Å². The highest BCUT2D eigenvalue weighted by Crippen LogP contribution is 2.38. The molecule has 2 aliphatic heterocycles. The van der Waals surface area contributed by atoms with E-state index < -0.39 is 0 Å². The third-order valence-corrected chi connectivity index (χ3v) is 6.33. The maximum absolute atomic E-state index is 12.9. The van der Waals surface area contributed by atoms with Crippen molar-refractivity contribution in [2.75, 3.05) is 13.1 Å². The van der Waals surface area contributed by atoms with Crippen molar-refractivity contribution >= 4 is 17.7 Å². The van der Waals surface area contributed by atoms with Gasteiger partial charge in [0.25, 0.3) is 5.56 Å². The zero-order valence-corrected chi connectivity index (χ0v) is 15.0. The maximum atomic E-state index is 12.9. The van der Waals surface area contributed by atoms with Crippen molar-refractivity contribution < 1.29 is 4.79 Å². The number of nitrogens with zero attached hydrogens (tertiary/aromatic N) is 2. The number of thioether (sulfide) groups is 1. The Morgan fingerprint density at radius 1 is 1.28 bits per heavy atom. The number of aromatic nitrogens is 2. The fourth-order valence-corrected chi connectivity index (χ4v) is 5.01. The Kier molecular flexibility index (Phi) is 4.37. The summed E-state index contributed by atoms with van der Waals surface area (Å²) >= 11 is 1.69. The number of carbonyl (C=O) groups is 1. The van der Waals surface area contributed by atoms with Crippen LogP contribution in [0.4, 0.5) is 0 Å². The van der Waals surface area contributed by atoms with E-state index in [1.165, 1.54) is 10.5 Å². The van der Waals surface area contributed by atoms with Gasteiger partial charge in [-0.15, -0.1) is 11.8 Å². The highest BCUT2D eigenvalue weighted by Gasteiger charge is 2.33. The smallest absolute Gasteiger partial charge is 0.251 e. The Balaban J connectivity index is 1.39. The summed E-state index contributed by atoms with van der Waals surface area (Å²) in [6.07, 6.45) is 2.56. The summed E-state index contributed by atoms with van der Waals surface area (Å²) in [5.74, 6) is 1.16. The van der Waals surface area contributed by atoms with Gasteiger partial charge in [-0.05, 0) is 37.8 Å². The van der Waals surface area contributed by atoms with Gasteiger partial charge in [0.1, 0.15) is 5.82 Å². The van der Waals surface area contributed by atoms with Crippen molar-refractivity contribution in [1.82, 2.24) is 14.9 Å². The molecular weight excluding hydrogens is 334 g/mol. The molecule has 0 bridgehead atoms. The number of aryl methyl sites for hydroxylation is 1. The van der Waals surface area contributed by atoms with Gasteiger partial charge in [-0.25, -0.2) is 4.98 Å². The molecule has 1 N–H and O–H groups in total. The number of benzene rings is 1. The first-order valence-corrected chi connectivity index (χ1v) is 9.59. The number of amides is 1. The Hall–Kier alpha value is -2.08. The lowest BCUT2D eigenvalue weighted by molar-refractivity contribution is -0.131. The quantitative estimate of drug-likeness (QED) is 0.899. The first kappa shape index (κ1) is 16.4. The molecule has 1 unspecified atom stereocenters. The van der Waals surface area contributed by atoms with Gasteiger partial charge in [-0.2, -0.15) is 0 Å². The molecule has 1 fully saturated rings. The van der Waals surface area contributed by atoms with Crippen molar-refractivity contribution in [2.45, 2.75) is 42.2 Å². The average molecular weight is 355 g/mol. The summed E-state index contributed by atoms with van der Waals surface area (Å²) in [5.41, 5.74) is 2.04. The number of rotatable bonds is 2. The van der Waals surface area contributed by atoms with Crippen LogP contribution in [-0.4, -0.2) is 39.1 Å². The van der Waals surface area contributed by atoms with Crippen LogP contribution in [0.5, 0.6) is 0 Å². The van der Waals surface area contributed by atoms with Gasteiger partial charge in [0.05, 0.1) is 10.9 Å². The van der Waals surface area contributed by atoms with Gasteiger partial charge in [-0.1, -0.05) is 18.2 Å². The molecule has 1 saturated heterocycles. The second-order valence-electron chi connectivity index (χ2n) is 6.77. The van der Waals surface area contributed by atoms with Crippen LogP contribution in [0.25, 0.3) is 0 Å². The van der Waals surface area contributed by atoms with E-state index in [4.69, 9.17) is 0 Å². The topological polar surface area (TPSA) is 66.1 Å². The molecule has 1 atom stereocenters. The zero-order chi connectivity index (χ0) is 17.4. The van der Waals surface area contributed by atoms with Crippen LogP contribution in [0.3, 0.4) is 0 Å². The first-order valence-electron chi connectivity index (χ1n) is 8.71. The van der Waals surface area contributed by atoms with Crippen LogP contribution in [0.15, 0.2) is 40.0 Å². The van der Waals surface area contributed by atoms with Crippen LogP contribution in [-0.2, 0) is 11.2 Å². The summed E-state index contributed by atoms with van der Waals surface area (Å²) in [6.45, 7) is 3.29. The summed E-state index contributed by atoms with van der Waals surface area (Å²) in [4.78, 5) is 34.9. The molecule has 25 heavy (non-hydrogen) atoms. The minimum Gasteiger partial charge on any atom is -0.342 e. The van der Waals surface area contributed by atoms with Crippen LogP contribution in [0.2, 0.25) is 0 Å². The summed E-state index contributed by atoms with van der Waals surface area (Å²) in [5, 5.41) is 0.00823. The summed E-state index contributed by atoms with van der Waals surface area (Å²) in [6, 6.07) is 9.87. The number of H-pyrrole nitrogens is 1. The van der Waals surface area contributed by atoms with E-state index in [0.29, 0.717) is 5.82 Å². The monoisotopic (exact) mass is 355 g/mol. The van der Waals surface area contributed by atoms with Gasteiger partial charge < -0.3 is 9.88 Å². The normalized spacial score (nSPS) is 20.5. The molecule has 4 rings (SSSR count). The predicted molar refractivity (Wildman–Crippen MR) is 97.9 cm³/mol. The van der Waals surface area contributed by atoms with Crippen LogP contribution >= 0.6 is 11.8 Å². The average Bonchev–Trinajstić information content (AvgIpc) is 3.04. The highest BCUT2D eigenvalue weighted by atomic mass is 32.2. The number of carbonyl (C=O) groups excluding carboxylic acids is 1. The summed E-state index contributed by atoms with van der Waals surface area (Å²) in [7, 11) is 0. The SMILES string of the molecule is Cc1nc(C2CCN(C(=O)C3Cc4ccccc4S3)CC2)cc(=O)[nH]1. The maximum Gasteiger partial charge on any atom is 0.251 e. The molecule has 6 heteroatoms. The minimum absolute atomic E-state index is 0.00823. The highest BCUT2D eigenvalue weighted by molar-refractivity contribution is 8.01. The van der Waals surface area contributed by atoms with Gasteiger partial charge in [0, 0.05) is 30.0 Å². The number of likely N-dealkylation sites (tertiary alicyclic amines) is 1. The molecule has 1 aromatic heterocycles. The zero-order valence-electron chi connectivity index (χ0n) is 14.2. The van der Waals surface area contributed by atoms with Crippen molar-refractivity contribution in [2.24, 2.45) is 0 Å². The predicted octanol–water partition coefficient (Wildman–Crippen LogP) is 2.50. The molecule has 1 aromatic carbocycles. The third kappa shape index (κ3) is 3.35. The van der Waals surface area contributed by atoms with E-state index in [1.807, 2.05) is 17.0 Å². The molecule has 130 valence electrons. The number of aromatic amines is 1. The molecule has 0 saturated carbocycles.